The number of rotatable bonds is 3. The van der Waals surface area contributed by atoms with Crippen LogP contribution in [0.3, 0.4) is 0 Å². The molecule has 5 nitrogen and oxygen atoms in total. The number of hydrogen-bond donors (Lipinski definition) is 1. The van der Waals surface area contributed by atoms with Gasteiger partial charge in [0.05, 0.1) is 17.1 Å². The van der Waals surface area contributed by atoms with Crippen molar-refractivity contribution in [2.75, 3.05) is 0 Å². The van der Waals surface area contributed by atoms with E-state index in [2.05, 4.69) is 15.4 Å². The highest BCUT2D eigenvalue weighted by Crippen LogP contribution is 2.29. The molecule has 0 saturated heterocycles. The summed E-state index contributed by atoms with van der Waals surface area (Å²) in [6, 6.07) is 5.08. The van der Waals surface area contributed by atoms with Crippen LogP contribution in [-0.4, -0.2) is 20.2 Å². The SMILES string of the molecule is Cn1nnc(CC(N)c2cccc(Cl)c2Cl)n1. The summed E-state index contributed by atoms with van der Waals surface area (Å²) in [7, 11) is 1.70. The lowest BCUT2D eigenvalue weighted by molar-refractivity contribution is 0.622. The van der Waals surface area contributed by atoms with Gasteiger partial charge < -0.3 is 5.73 Å². The first-order chi connectivity index (χ1) is 8.08. The molecular weight excluding hydrogens is 261 g/mol. The van der Waals surface area contributed by atoms with Crippen molar-refractivity contribution in [1.29, 1.82) is 0 Å². The molecule has 0 fully saturated rings. The van der Waals surface area contributed by atoms with Gasteiger partial charge in [0.15, 0.2) is 5.82 Å². The second-order valence-electron chi connectivity index (χ2n) is 3.65. The van der Waals surface area contributed by atoms with E-state index in [1.807, 2.05) is 12.1 Å². The Morgan fingerprint density at radius 1 is 1.41 bits per heavy atom. The van der Waals surface area contributed by atoms with Gasteiger partial charge in [-0.05, 0) is 16.8 Å². The Hall–Kier alpha value is -1.17. The van der Waals surface area contributed by atoms with Gasteiger partial charge >= 0.3 is 0 Å². The minimum absolute atomic E-state index is 0.301. The third-order valence-electron chi connectivity index (χ3n) is 2.33. The summed E-state index contributed by atoms with van der Waals surface area (Å²) < 4.78 is 0. The van der Waals surface area contributed by atoms with Crippen molar-refractivity contribution in [2.45, 2.75) is 12.5 Å². The maximum atomic E-state index is 6.09. The highest BCUT2D eigenvalue weighted by molar-refractivity contribution is 6.42. The van der Waals surface area contributed by atoms with Crippen LogP contribution in [0.25, 0.3) is 0 Å². The van der Waals surface area contributed by atoms with Crippen molar-refractivity contribution in [2.24, 2.45) is 12.8 Å². The summed E-state index contributed by atoms with van der Waals surface area (Å²) in [5, 5.41) is 12.7. The molecule has 7 heteroatoms. The molecule has 1 aromatic carbocycles. The number of nitrogens with two attached hydrogens (primary N) is 1. The summed E-state index contributed by atoms with van der Waals surface area (Å²) in [5.74, 6) is 0.580. The zero-order valence-electron chi connectivity index (χ0n) is 9.14. The Balaban J connectivity index is 2.20. The van der Waals surface area contributed by atoms with Crippen LogP contribution in [0.5, 0.6) is 0 Å². The molecule has 2 aromatic rings. The summed E-state index contributed by atoms with van der Waals surface area (Å²) in [4.78, 5) is 1.39. The van der Waals surface area contributed by atoms with E-state index in [1.165, 1.54) is 4.80 Å². The van der Waals surface area contributed by atoms with Gasteiger partial charge in [0.25, 0.3) is 0 Å². The molecule has 90 valence electrons. The van der Waals surface area contributed by atoms with Crippen molar-refractivity contribution in [3.63, 3.8) is 0 Å². The fourth-order valence-corrected chi connectivity index (χ4v) is 1.97. The smallest absolute Gasteiger partial charge is 0.176 e. The van der Waals surface area contributed by atoms with E-state index in [1.54, 1.807) is 13.1 Å². The fourth-order valence-electron chi connectivity index (χ4n) is 1.52. The summed E-state index contributed by atoms with van der Waals surface area (Å²) in [6.45, 7) is 0. The lowest BCUT2D eigenvalue weighted by Gasteiger charge is -2.12. The van der Waals surface area contributed by atoms with Crippen LogP contribution in [0, 0.1) is 0 Å². The Morgan fingerprint density at radius 3 is 2.82 bits per heavy atom. The largest absolute Gasteiger partial charge is 0.324 e. The number of tetrazole rings is 1. The molecule has 0 radical (unpaired) electrons. The number of nitrogens with zero attached hydrogens (tertiary/aromatic N) is 4. The van der Waals surface area contributed by atoms with Gasteiger partial charge in [0.1, 0.15) is 0 Å². The van der Waals surface area contributed by atoms with Gasteiger partial charge in [0, 0.05) is 12.5 Å². The van der Waals surface area contributed by atoms with Gasteiger partial charge in [-0.25, -0.2) is 0 Å². The Morgan fingerprint density at radius 2 is 2.18 bits per heavy atom. The maximum absolute atomic E-state index is 6.09. The molecule has 0 bridgehead atoms. The number of halogens is 2. The number of hydrogen-bond acceptors (Lipinski definition) is 4. The molecule has 2 rings (SSSR count). The molecular formula is C10H11Cl2N5. The molecule has 0 aliphatic carbocycles. The molecule has 17 heavy (non-hydrogen) atoms. The monoisotopic (exact) mass is 271 g/mol. The average molecular weight is 272 g/mol. The zero-order valence-corrected chi connectivity index (χ0v) is 10.7. The molecule has 1 atom stereocenters. The van der Waals surface area contributed by atoms with E-state index in [0.717, 1.165) is 5.56 Å². The van der Waals surface area contributed by atoms with E-state index < -0.39 is 0 Å². The van der Waals surface area contributed by atoms with Gasteiger partial charge in [0.2, 0.25) is 0 Å². The predicted molar refractivity (Wildman–Crippen MR) is 65.9 cm³/mol. The van der Waals surface area contributed by atoms with Gasteiger partial charge in [-0.1, -0.05) is 35.3 Å². The van der Waals surface area contributed by atoms with E-state index >= 15 is 0 Å². The van der Waals surface area contributed by atoms with E-state index in [0.29, 0.717) is 22.3 Å². The summed E-state index contributed by atoms with van der Waals surface area (Å²) in [6.07, 6.45) is 0.466. The quantitative estimate of drug-likeness (QED) is 0.924. The van der Waals surface area contributed by atoms with Gasteiger partial charge in [-0.3, -0.25) is 0 Å². The van der Waals surface area contributed by atoms with Crippen molar-refractivity contribution in [1.82, 2.24) is 20.2 Å². The molecule has 0 spiro atoms. The van der Waals surface area contributed by atoms with Crippen molar-refractivity contribution >= 4 is 23.2 Å². The molecule has 0 aliphatic rings. The highest BCUT2D eigenvalue weighted by Gasteiger charge is 2.15. The van der Waals surface area contributed by atoms with E-state index in [-0.39, 0.29) is 6.04 Å². The first-order valence-corrected chi connectivity index (χ1v) is 5.76. The van der Waals surface area contributed by atoms with Crippen LogP contribution < -0.4 is 5.73 Å². The molecule has 1 heterocycles. The normalized spacial score (nSPS) is 12.7. The maximum Gasteiger partial charge on any atom is 0.176 e. The van der Waals surface area contributed by atoms with E-state index in [9.17, 15) is 0 Å². The topological polar surface area (TPSA) is 69.6 Å². The first kappa shape index (κ1) is 12.3. The summed E-state index contributed by atoms with van der Waals surface area (Å²) in [5.41, 5.74) is 6.83. The lowest BCUT2D eigenvalue weighted by atomic mass is 10.0. The average Bonchev–Trinajstić information content (AvgIpc) is 2.68. The fraction of sp³-hybridized carbons (Fsp3) is 0.300. The Kier molecular flexibility index (Phi) is 3.61. The molecule has 1 aromatic heterocycles. The highest BCUT2D eigenvalue weighted by atomic mass is 35.5. The number of aromatic nitrogens is 4. The summed E-state index contributed by atoms with van der Waals surface area (Å²) >= 11 is 12.0. The van der Waals surface area contributed by atoms with E-state index in [4.69, 9.17) is 28.9 Å². The Bertz CT molecular complexity index is 525. The minimum atomic E-state index is -0.301. The van der Waals surface area contributed by atoms with Crippen LogP contribution in [0.15, 0.2) is 18.2 Å². The molecule has 0 saturated carbocycles. The van der Waals surface area contributed by atoms with Crippen LogP contribution in [-0.2, 0) is 13.5 Å². The zero-order chi connectivity index (χ0) is 12.4. The third kappa shape index (κ3) is 2.74. The Labute approximate surface area is 109 Å². The minimum Gasteiger partial charge on any atom is -0.324 e. The molecule has 0 amide bonds. The number of aryl methyl sites for hydroxylation is 1. The first-order valence-electron chi connectivity index (χ1n) is 5.00. The molecule has 0 aliphatic heterocycles. The predicted octanol–water partition coefficient (Wildman–Crippen LogP) is 1.76. The second-order valence-corrected chi connectivity index (χ2v) is 4.43. The van der Waals surface area contributed by atoms with Gasteiger partial charge in [-0.2, -0.15) is 4.80 Å². The van der Waals surface area contributed by atoms with Crippen LogP contribution in [0.2, 0.25) is 10.0 Å². The van der Waals surface area contributed by atoms with Crippen LogP contribution >= 0.6 is 23.2 Å². The van der Waals surface area contributed by atoms with Crippen molar-refractivity contribution < 1.29 is 0 Å². The molecule has 2 N–H and O–H groups in total. The van der Waals surface area contributed by atoms with Gasteiger partial charge in [-0.15, -0.1) is 10.2 Å². The standard InChI is InChI=1S/C10H11Cl2N5/c1-17-15-9(14-16-17)5-8(13)6-3-2-4-7(11)10(6)12/h2-4,8H,5,13H2,1H3. The van der Waals surface area contributed by atoms with Crippen LogP contribution in [0.1, 0.15) is 17.4 Å². The van der Waals surface area contributed by atoms with Crippen LogP contribution in [0.4, 0.5) is 0 Å². The van der Waals surface area contributed by atoms with Crippen molar-refractivity contribution in [3.05, 3.63) is 39.6 Å². The lowest BCUT2D eigenvalue weighted by Crippen LogP contribution is -2.15. The third-order valence-corrected chi connectivity index (χ3v) is 3.17. The molecule has 1 unspecified atom stereocenters. The second kappa shape index (κ2) is 5.00. The number of benzene rings is 1. The van der Waals surface area contributed by atoms with Crippen molar-refractivity contribution in [3.8, 4) is 0 Å².